The van der Waals surface area contributed by atoms with Crippen LogP contribution in [0.25, 0.3) is 42.4 Å². The van der Waals surface area contributed by atoms with Crippen LogP contribution in [0.3, 0.4) is 0 Å². The Kier molecular flexibility index (Phi) is 9.60. The Labute approximate surface area is 448 Å². The highest BCUT2D eigenvalue weighted by Gasteiger charge is 2.53. The number of aryl methyl sites for hydroxylation is 1. The zero-order valence-electron chi connectivity index (χ0n) is 46.2. The molecule has 3 aliphatic heterocycles. The predicted octanol–water partition coefficient (Wildman–Crippen LogP) is 17.7. The van der Waals surface area contributed by atoms with Crippen molar-refractivity contribution in [3.8, 4) is 0 Å². The summed E-state index contributed by atoms with van der Waals surface area (Å²) in [6.45, 7) is 31.1. The highest BCUT2D eigenvalue weighted by molar-refractivity contribution is 7.19. The minimum absolute atomic E-state index is 0.0144. The molecule has 0 N–H and O–H groups in total. The quantitative estimate of drug-likeness (QED) is 0.129. The Morgan fingerprint density at radius 1 is 0.480 bits per heavy atom. The molecule has 10 aromatic rings. The van der Waals surface area contributed by atoms with Crippen LogP contribution < -0.4 is 31.1 Å². The number of para-hydroxylation sites is 1. The lowest BCUT2D eigenvalue weighted by Gasteiger charge is -2.47. The summed E-state index contributed by atoms with van der Waals surface area (Å²) in [5, 5.41) is 9.16. The van der Waals surface area contributed by atoms with E-state index in [0.29, 0.717) is 0 Å². The second-order valence-electron chi connectivity index (χ2n) is 26.6. The van der Waals surface area contributed by atoms with E-state index in [4.69, 9.17) is 0 Å². The van der Waals surface area contributed by atoms with Crippen LogP contribution in [0, 0.1) is 12.3 Å². The van der Waals surface area contributed by atoms with Gasteiger partial charge < -0.3 is 14.7 Å². The van der Waals surface area contributed by atoms with Gasteiger partial charge in [0.1, 0.15) is 0 Å². The zero-order chi connectivity index (χ0) is 52.0. The van der Waals surface area contributed by atoms with Gasteiger partial charge in [-0.3, -0.25) is 0 Å². The van der Waals surface area contributed by atoms with Crippen LogP contribution in [-0.2, 0) is 29.1 Å². The van der Waals surface area contributed by atoms with Gasteiger partial charge in [0.2, 0.25) is 0 Å². The van der Waals surface area contributed by atoms with Gasteiger partial charge in [-0.1, -0.05) is 160 Å². The van der Waals surface area contributed by atoms with E-state index in [0.717, 1.165) is 12.8 Å². The monoisotopic (exact) mass is 994 g/mol. The first kappa shape index (κ1) is 46.7. The third-order valence-electron chi connectivity index (χ3n) is 18.6. The summed E-state index contributed by atoms with van der Waals surface area (Å²) in [7, 11) is 0. The largest absolute Gasteiger partial charge is 0.335 e. The standard InChI is InChI=1S/C70H68BN3S/c1-41-32-43(28-30-54(41)67(5,6)7)72-59-31-26-42(66(2,3)4)33-56(59)71-57-38-63-52(53-39-68(8,9)40-64(53)75-63)37-60(57)73(44-27-29-50-48-22-15-14-20-46(48)47-21-16-17-23-49(47)51(50)34-44)62-36-45(35-61(72)65(62)71)74-58-25-19-18-24-55(58)69(10,11)70(74,12)13/h14-38H,39-40H2,1-13H3. The fourth-order valence-electron chi connectivity index (χ4n) is 14.4. The average molecular weight is 994 g/mol. The number of fused-ring (bicyclic) bond motifs is 14. The molecule has 14 rings (SSSR count). The van der Waals surface area contributed by atoms with Gasteiger partial charge in [-0.25, -0.2) is 0 Å². The van der Waals surface area contributed by atoms with Crippen LogP contribution in [0.4, 0.5) is 45.5 Å². The van der Waals surface area contributed by atoms with Crippen molar-refractivity contribution in [2.75, 3.05) is 14.7 Å². The van der Waals surface area contributed by atoms with Crippen LogP contribution in [-0.4, -0.2) is 12.3 Å². The molecule has 0 fully saturated rings. The molecule has 9 aromatic carbocycles. The molecule has 1 aliphatic carbocycles. The second kappa shape index (κ2) is 15.4. The van der Waals surface area contributed by atoms with Crippen molar-refractivity contribution in [2.45, 2.75) is 125 Å². The minimum atomic E-state index is -0.266. The van der Waals surface area contributed by atoms with Crippen LogP contribution in [0.5, 0.6) is 0 Å². The summed E-state index contributed by atoms with van der Waals surface area (Å²) in [5.74, 6) is 0. The topological polar surface area (TPSA) is 9.72 Å². The summed E-state index contributed by atoms with van der Waals surface area (Å²) in [6.07, 6.45) is 2.23. The molecular weight excluding hydrogens is 926 g/mol. The molecule has 0 saturated heterocycles. The molecule has 372 valence electrons. The maximum atomic E-state index is 2.70. The molecule has 4 heterocycles. The van der Waals surface area contributed by atoms with Crippen molar-refractivity contribution in [3.05, 3.63) is 184 Å². The normalized spacial score (nSPS) is 17.0. The molecule has 0 atom stereocenters. The Morgan fingerprint density at radius 2 is 1.07 bits per heavy atom. The van der Waals surface area contributed by atoms with Gasteiger partial charge in [0.25, 0.3) is 6.71 Å². The number of anilines is 8. The third-order valence-corrected chi connectivity index (χ3v) is 19.8. The van der Waals surface area contributed by atoms with Crippen LogP contribution in [0.2, 0.25) is 0 Å². The Morgan fingerprint density at radius 3 is 1.72 bits per heavy atom. The Balaban J connectivity index is 1.14. The molecule has 0 unspecified atom stereocenters. The van der Waals surface area contributed by atoms with E-state index in [1.54, 1.807) is 10.4 Å². The lowest BCUT2D eigenvalue weighted by atomic mass is 9.33. The zero-order valence-corrected chi connectivity index (χ0v) is 47.0. The first-order chi connectivity index (χ1) is 35.6. The van der Waals surface area contributed by atoms with Gasteiger partial charge >= 0.3 is 0 Å². The van der Waals surface area contributed by atoms with Crippen molar-refractivity contribution in [3.63, 3.8) is 0 Å². The summed E-state index contributed by atoms with van der Waals surface area (Å²) >= 11 is 2.05. The highest BCUT2D eigenvalue weighted by atomic mass is 32.1. The minimum Gasteiger partial charge on any atom is -0.335 e. The first-order valence-electron chi connectivity index (χ1n) is 27.5. The summed E-state index contributed by atoms with van der Waals surface area (Å²) in [6, 6.07) is 59.7. The molecule has 1 aromatic heterocycles. The molecule has 5 heteroatoms. The van der Waals surface area contributed by atoms with Gasteiger partial charge in [0, 0.05) is 66.0 Å². The number of hydrogen-bond acceptors (Lipinski definition) is 4. The molecule has 4 aliphatic rings. The molecular formula is C70H68BN3S. The number of nitrogens with zero attached hydrogens (tertiary/aromatic N) is 3. The predicted molar refractivity (Wildman–Crippen MR) is 327 cm³/mol. The summed E-state index contributed by atoms with van der Waals surface area (Å²) in [5.41, 5.74) is 20.8. The van der Waals surface area contributed by atoms with Crippen LogP contribution in [0.15, 0.2) is 152 Å². The van der Waals surface area contributed by atoms with Crippen LogP contribution in [0.1, 0.15) is 116 Å². The molecule has 0 amide bonds. The average Bonchev–Trinajstić information content (AvgIpc) is 4.03. The Bertz CT molecular complexity index is 4080. The lowest BCUT2D eigenvalue weighted by molar-refractivity contribution is 0.330. The van der Waals surface area contributed by atoms with Gasteiger partial charge in [-0.05, 0) is 192 Å². The van der Waals surface area contributed by atoms with E-state index in [1.807, 2.05) is 11.3 Å². The van der Waals surface area contributed by atoms with Gasteiger partial charge in [0.05, 0.1) is 0 Å². The maximum Gasteiger partial charge on any atom is 0.252 e. The van der Waals surface area contributed by atoms with Crippen molar-refractivity contribution >= 4 is 122 Å². The van der Waals surface area contributed by atoms with E-state index in [9.17, 15) is 0 Å². The van der Waals surface area contributed by atoms with E-state index in [1.165, 1.54) is 127 Å². The number of hydrogen-bond donors (Lipinski definition) is 0. The summed E-state index contributed by atoms with van der Waals surface area (Å²) < 4.78 is 1.41. The van der Waals surface area contributed by atoms with Crippen molar-refractivity contribution in [2.24, 2.45) is 5.41 Å². The molecule has 0 spiro atoms. The third kappa shape index (κ3) is 6.59. The molecule has 75 heavy (non-hydrogen) atoms. The van der Waals surface area contributed by atoms with Gasteiger partial charge in [-0.2, -0.15) is 0 Å². The lowest BCUT2D eigenvalue weighted by Crippen LogP contribution is -2.61. The SMILES string of the molecule is Cc1cc(N2c3ccc(C(C)(C)C)cc3B3c4cc5sc6c(c5cc4N(c4ccc5c7ccccc7c7ccccc7c5c4)c4cc(N5c7ccccc7C(C)(C)C5(C)C)cc2c43)CC(C)(C)C6)ccc1C(C)(C)C. The van der Waals surface area contributed by atoms with Crippen molar-refractivity contribution < 1.29 is 0 Å². The molecule has 0 saturated carbocycles. The maximum absolute atomic E-state index is 2.70. The van der Waals surface area contributed by atoms with E-state index in [2.05, 4.69) is 256 Å². The van der Waals surface area contributed by atoms with Crippen molar-refractivity contribution in [1.29, 1.82) is 0 Å². The number of thiophene rings is 1. The second-order valence-corrected chi connectivity index (χ2v) is 27.7. The summed E-state index contributed by atoms with van der Waals surface area (Å²) in [4.78, 5) is 9.59. The number of rotatable bonds is 3. The molecule has 3 nitrogen and oxygen atoms in total. The van der Waals surface area contributed by atoms with E-state index in [-0.39, 0.29) is 33.9 Å². The number of benzene rings is 9. The fourth-order valence-corrected chi connectivity index (χ4v) is 15.9. The smallest absolute Gasteiger partial charge is 0.252 e. The van der Waals surface area contributed by atoms with E-state index < -0.39 is 0 Å². The van der Waals surface area contributed by atoms with Gasteiger partial charge in [0.15, 0.2) is 0 Å². The van der Waals surface area contributed by atoms with Crippen LogP contribution >= 0.6 is 11.3 Å². The van der Waals surface area contributed by atoms with E-state index >= 15 is 0 Å². The Hall–Kier alpha value is -6.82. The first-order valence-corrected chi connectivity index (χ1v) is 28.3. The highest BCUT2D eigenvalue weighted by Crippen LogP contribution is 2.57. The fraction of sp³-hybridized carbons (Fsp3) is 0.286. The molecule has 0 bridgehead atoms. The van der Waals surface area contributed by atoms with Gasteiger partial charge in [-0.15, -0.1) is 11.3 Å². The molecule has 0 radical (unpaired) electrons. The van der Waals surface area contributed by atoms with Crippen molar-refractivity contribution in [1.82, 2.24) is 0 Å².